The van der Waals surface area contributed by atoms with Crippen molar-refractivity contribution in [1.29, 1.82) is 0 Å². The molecule has 2 aromatic rings. The van der Waals surface area contributed by atoms with Crippen LogP contribution in [0.3, 0.4) is 0 Å². The quantitative estimate of drug-likeness (QED) is 0.508. The van der Waals surface area contributed by atoms with Crippen LogP contribution in [-0.4, -0.2) is 43.8 Å². The van der Waals surface area contributed by atoms with Gasteiger partial charge < -0.3 is 4.90 Å². The normalized spacial score (nSPS) is 16.2. The number of sulfonamides is 1. The van der Waals surface area contributed by atoms with Crippen molar-refractivity contribution in [3.8, 4) is 0 Å². The molecule has 0 atom stereocenters. The number of thiophene rings is 1. The summed E-state index contributed by atoms with van der Waals surface area (Å²) in [6.07, 6.45) is 0. The van der Waals surface area contributed by atoms with Crippen LogP contribution < -0.4 is 4.90 Å². The van der Waals surface area contributed by atoms with Crippen LogP contribution in [0, 0.1) is 10.1 Å². The number of piperazine rings is 1. The minimum absolute atomic E-state index is 0.0778. The first-order valence-corrected chi connectivity index (χ1v) is 10.7. The molecule has 1 aliphatic heterocycles. The summed E-state index contributed by atoms with van der Waals surface area (Å²) in [6, 6.07) is 7.77. The zero-order valence-electron chi connectivity index (χ0n) is 12.8. The van der Waals surface area contributed by atoms with Gasteiger partial charge in [-0.1, -0.05) is 11.6 Å². The first kappa shape index (κ1) is 18.6. The Morgan fingerprint density at radius 2 is 1.84 bits per heavy atom. The van der Waals surface area contributed by atoms with Crippen LogP contribution in [0.4, 0.5) is 11.4 Å². The third-order valence-electron chi connectivity index (χ3n) is 3.86. The molecule has 134 valence electrons. The van der Waals surface area contributed by atoms with Crippen molar-refractivity contribution >= 4 is 60.3 Å². The van der Waals surface area contributed by atoms with Crippen molar-refractivity contribution in [1.82, 2.24) is 4.31 Å². The molecule has 1 aromatic heterocycles. The maximum atomic E-state index is 12.6. The summed E-state index contributed by atoms with van der Waals surface area (Å²) in [7, 11) is -3.54. The fourth-order valence-corrected chi connectivity index (χ4v) is 6.40. The molecule has 0 radical (unpaired) electrons. The number of hydrogen-bond donors (Lipinski definition) is 0. The lowest BCUT2D eigenvalue weighted by molar-refractivity contribution is -0.384. The van der Waals surface area contributed by atoms with E-state index in [9.17, 15) is 18.5 Å². The predicted octanol–water partition coefficient (Wildman–Crippen LogP) is 3.58. The topological polar surface area (TPSA) is 83.8 Å². The summed E-state index contributed by atoms with van der Waals surface area (Å²) in [5.74, 6) is 0. The number of nitrogens with zero attached hydrogens (tertiary/aromatic N) is 3. The monoisotopic (exact) mass is 465 g/mol. The largest absolute Gasteiger partial charge is 0.363 e. The van der Waals surface area contributed by atoms with Gasteiger partial charge in [0.1, 0.15) is 9.90 Å². The van der Waals surface area contributed by atoms with Gasteiger partial charge in [0.25, 0.3) is 15.7 Å². The standard InChI is InChI=1S/C14H13BrClN3O4S2/c15-13-3-4-14(24-13)25(22,23)18-7-5-17(6-8-18)11-2-1-10(16)9-12(11)19(20)21/h1-4,9H,5-8H2. The fourth-order valence-electron chi connectivity index (χ4n) is 2.64. The van der Waals surface area contributed by atoms with E-state index < -0.39 is 14.9 Å². The lowest BCUT2D eigenvalue weighted by Crippen LogP contribution is -2.48. The smallest absolute Gasteiger partial charge is 0.294 e. The molecule has 0 N–H and O–H groups in total. The highest BCUT2D eigenvalue weighted by atomic mass is 79.9. The predicted molar refractivity (Wildman–Crippen MR) is 101 cm³/mol. The van der Waals surface area contributed by atoms with Gasteiger partial charge in [-0.25, -0.2) is 8.42 Å². The van der Waals surface area contributed by atoms with Gasteiger partial charge in [-0.15, -0.1) is 11.3 Å². The van der Waals surface area contributed by atoms with Gasteiger partial charge >= 0.3 is 0 Å². The molecule has 0 spiro atoms. The van der Waals surface area contributed by atoms with Gasteiger partial charge in [0.15, 0.2) is 0 Å². The Kier molecular flexibility index (Phi) is 5.35. The van der Waals surface area contributed by atoms with Crippen LogP contribution in [0.5, 0.6) is 0 Å². The van der Waals surface area contributed by atoms with E-state index in [1.165, 1.54) is 10.4 Å². The van der Waals surface area contributed by atoms with Crippen molar-refractivity contribution < 1.29 is 13.3 Å². The van der Waals surface area contributed by atoms with Crippen LogP contribution in [0.15, 0.2) is 38.3 Å². The van der Waals surface area contributed by atoms with Gasteiger partial charge in [-0.2, -0.15) is 4.31 Å². The average Bonchev–Trinajstić information content (AvgIpc) is 3.02. The summed E-state index contributed by atoms with van der Waals surface area (Å²) in [4.78, 5) is 12.6. The number of rotatable bonds is 4. The van der Waals surface area contributed by atoms with E-state index in [-0.39, 0.29) is 23.0 Å². The lowest BCUT2D eigenvalue weighted by Gasteiger charge is -2.34. The highest BCUT2D eigenvalue weighted by Crippen LogP contribution is 2.33. The Bertz CT molecular complexity index is 911. The van der Waals surface area contributed by atoms with E-state index in [1.54, 1.807) is 24.3 Å². The van der Waals surface area contributed by atoms with E-state index >= 15 is 0 Å². The van der Waals surface area contributed by atoms with E-state index in [0.29, 0.717) is 23.8 Å². The van der Waals surface area contributed by atoms with E-state index in [4.69, 9.17) is 11.6 Å². The van der Waals surface area contributed by atoms with Crippen molar-refractivity contribution in [2.24, 2.45) is 0 Å². The summed E-state index contributed by atoms with van der Waals surface area (Å²) in [5, 5.41) is 11.5. The molecule has 1 aromatic carbocycles. The average molecular weight is 467 g/mol. The molecule has 0 amide bonds. The molecule has 7 nitrogen and oxygen atoms in total. The SMILES string of the molecule is O=[N+]([O-])c1cc(Cl)ccc1N1CCN(S(=O)(=O)c2ccc(Br)s2)CC1. The molecule has 0 bridgehead atoms. The molecule has 1 aliphatic rings. The van der Waals surface area contributed by atoms with Crippen molar-refractivity contribution in [2.45, 2.75) is 4.21 Å². The molecule has 0 aliphatic carbocycles. The highest BCUT2D eigenvalue weighted by molar-refractivity contribution is 9.11. The molecular weight excluding hydrogens is 454 g/mol. The summed E-state index contributed by atoms with van der Waals surface area (Å²) >= 11 is 10.3. The fraction of sp³-hybridized carbons (Fsp3) is 0.286. The van der Waals surface area contributed by atoms with Crippen molar-refractivity contribution in [3.63, 3.8) is 0 Å². The third kappa shape index (κ3) is 3.82. The maximum absolute atomic E-state index is 12.6. The number of nitro groups is 1. The minimum Gasteiger partial charge on any atom is -0.363 e. The summed E-state index contributed by atoms with van der Waals surface area (Å²) < 4.78 is 27.7. The number of nitro benzene ring substituents is 1. The summed E-state index contributed by atoms with van der Waals surface area (Å²) in [5.41, 5.74) is 0.372. The van der Waals surface area contributed by atoms with E-state index in [1.807, 2.05) is 4.90 Å². The number of halogens is 2. The van der Waals surface area contributed by atoms with Crippen LogP contribution >= 0.6 is 38.9 Å². The van der Waals surface area contributed by atoms with Crippen LogP contribution in [-0.2, 0) is 10.0 Å². The number of hydrogen-bond acceptors (Lipinski definition) is 6. The lowest BCUT2D eigenvalue weighted by atomic mass is 10.2. The zero-order valence-corrected chi connectivity index (χ0v) is 16.7. The van der Waals surface area contributed by atoms with E-state index in [2.05, 4.69) is 15.9 Å². The van der Waals surface area contributed by atoms with Crippen molar-refractivity contribution in [3.05, 3.63) is 49.3 Å². The second-order valence-corrected chi connectivity index (χ2v) is 10.4. The summed E-state index contributed by atoms with van der Waals surface area (Å²) in [6.45, 7) is 1.26. The highest BCUT2D eigenvalue weighted by Gasteiger charge is 2.31. The van der Waals surface area contributed by atoms with Crippen LogP contribution in [0.2, 0.25) is 5.02 Å². The molecule has 0 saturated carbocycles. The Morgan fingerprint density at radius 3 is 2.40 bits per heavy atom. The first-order chi connectivity index (χ1) is 11.8. The second-order valence-electron chi connectivity index (χ2n) is 5.34. The van der Waals surface area contributed by atoms with Gasteiger partial charge in [0, 0.05) is 37.3 Å². The molecule has 0 unspecified atom stereocenters. The third-order valence-corrected chi connectivity index (χ3v) is 8.08. The van der Waals surface area contributed by atoms with Gasteiger partial charge in [-0.3, -0.25) is 10.1 Å². The van der Waals surface area contributed by atoms with Gasteiger partial charge in [0.05, 0.1) is 8.71 Å². The first-order valence-electron chi connectivity index (χ1n) is 7.23. The molecular formula is C14H13BrClN3O4S2. The molecule has 1 fully saturated rings. The molecule has 2 heterocycles. The Hall–Kier alpha value is -1.20. The molecule has 3 rings (SSSR count). The minimum atomic E-state index is -3.54. The molecule has 1 saturated heterocycles. The van der Waals surface area contributed by atoms with Gasteiger partial charge in [0.2, 0.25) is 0 Å². The molecule has 11 heteroatoms. The van der Waals surface area contributed by atoms with Crippen LogP contribution in [0.25, 0.3) is 0 Å². The Balaban J connectivity index is 1.78. The van der Waals surface area contributed by atoms with E-state index in [0.717, 1.165) is 15.1 Å². The maximum Gasteiger partial charge on any atom is 0.294 e. The number of anilines is 1. The Labute approximate surface area is 162 Å². The number of benzene rings is 1. The van der Waals surface area contributed by atoms with Crippen LogP contribution in [0.1, 0.15) is 0 Å². The Morgan fingerprint density at radius 1 is 1.16 bits per heavy atom. The zero-order chi connectivity index (χ0) is 18.2. The second kappa shape index (κ2) is 7.20. The van der Waals surface area contributed by atoms with Gasteiger partial charge in [-0.05, 0) is 40.2 Å². The molecule has 25 heavy (non-hydrogen) atoms. The van der Waals surface area contributed by atoms with Crippen molar-refractivity contribution in [2.75, 3.05) is 31.1 Å².